The summed E-state index contributed by atoms with van der Waals surface area (Å²) in [6.45, 7) is 4.18. The van der Waals surface area contributed by atoms with Gasteiger partial charge in [0.2, 0.25) is 0 Å². The quantitative estimate of drug-likeness (QED) is 0.815. The van der Waals surface area contributed by atoms with Gasteiger partial charge in [-0.3, -0.25) is 0 Å². The summed E-state index contributed by atoms with van der Waals surface area (Å²) in [5, 5.41) is 2.08. The van der Waals surface area contributed by atoms with Gasteiger partial charge in [-0.1, -0.05) is 13.0 Å². The van der Waals surface area contributed by atoms with Crippen LogP contribution in [0.3, 0.4) is 0 Å². The lowest BCUT2D eigenvalue weighted by molar-refractivity contribution is -0.0182. The van der Waals surface area contributed by atoms with Crippen molar-refractivity contribution < 1.29 is 4.74 Å². The van der Waals surface area contributed by atoms with Gasteiger partial charge in [-0.05, 0) is 31.2 Å². The Morgan fingerprint density at radius 1 is 1.64 bits per heavy atom. The summed E-state index contributed by atoms with van der Waals surface area (Å²) in [5.74, 6) is 0. The summed E-state index contributed by atoms with van der Waals surface area (Å²) in [6, 6.07) is 4.25. The van der Waals surface area contributed by atoms with E-state index in [1.807, 2.05) is 0 Å². The predicted octanol–water partition coefficient (Wildman–Crippen LogP) is 2.43. The van der Waals surface area contributed by atoms with Crippen molar-refractivity contribution in [3.8, 4) is 0 Å². The zero-order valence-corrected chi connectivity index (χ0v) is 9.93. The molecule has 14 heavy (non-hydrogen) atoms. The molecule has 2 nitrogen and oxygen atoms in total. The molecule has 0 aromatic carbocycles. The zero-order valence-electron chi connectivity index (χ0n) is 9.12. The van der Waals surface area contributed by atoms with Crippen LogP contribution in [0.4, 0.5) is 0 Å². The molecule has 2 N–H and O–H groups in total. The highest BCUT2D eigenvalue weighted by Crippen LogP contribution is 2.22. The van der Waals surface area contributed by atoms with Crippen LogP contribution in [0.15, 0.2) is 17.5 Å². The Bertz CT molecular complexity index is 254. The SMILES string of the molecule is CCC(C)(OC)C(N)Cc1cccs1. The lowest BCUT2D eigenvalue weighted by Gasteiger charge is -2.33. The summed E-state index contributed by atoms with van der Waals surface area (Å²) in [7, 11) is 1.73. The number of thiophene rings is 1. The first-order valence-corrected chi connectivity index (χ1v) is 5.83. The number of rotatable bonds is 5. The van der Waals surface area contributed by atoms with Gasteiger partial charge in [0.25, 0.3) is 0 Å². The highest BCUT2D eigenvalue weighted by Gasteiger charge is 2.29. The average Bonchev–Trinajstić information content (AvgIpc) is 2.69. The minimum absolute atomic E-state index is 0.0659. The van der Waals surface area contributed by atoms with Crippen LogP contribution in [0.25, 0.3) is 0 Å². The molecule has 0 fully saturated rings. The predicted molar refractivity (Wildman–Crippen MR) is 61.7 cm³/mol. The molecule has 0 aliphatic heterocycles. The molecule has 0 amide bonds. The van der Waals surface area contributed by atoms with Crippen molar-refractivity contribution in [2.24, 2.45) is 5.73 Å². The highest BCUT2D eigenvalue weighted by atomic mass is 32.1. The molecule has 0 aliphatic rings. The summed E-state index contributed by atoms with van der Waals surface area (Å²) in [6.07, 6.45) is 1.84. The van der Waals surface area contributed by atoms with Crippen LogP contribution < -0.4 is 5.73 Å². The van der Waals surface area contributed by atoms with E-state index in [0.29, 0.717) is 0 Å². The smallest absolute Gasteiger partial charge is 0.0801 e. The fourth-order valence-electron chi connectivity index (χ4n) is 1.42. The Morgan fingerprint density at radius 2 is 2.36 bits per heavy atom. The molecule has 80 valence electrons. The molecular weight excluding hydrogens is 194 g/mol. The Balaban J connectivity index is 2.60. The number of hydrogen-bond acceptors (Lipinski definition) is 3. The first-order chi connectivity index (χ1) is 6.62. The van der Waals surface area contributed by atoms with E-state index in [0.717, 1.165) is 12.8 Å². The maximum Gasteiger partial charge on any atom is 0.0801 e. The van der Waals surface area contributed by atoms with E-state index in [4.69, 9.17) is 10.5 Å². The van der Waals surface area contributed by atoms with Crippen LogP contribution in [0.1, 0.15) is 25.1 Å². The van der Waals surface area contributed by atoms with Gasteiger partial charge in [0, 0.05) is 18.0 Å². The maximum absolute atomic E-state index is 6.15. The van der Waals surface area contributed by atoms with Gasteiger partial charge in [-0.25, -0.2) is 0 Å². The van der Waals surface area contributed by atoms with Crippen LogP contribution in [-0.2, 0) is 11.2 Å². The summed E-state index contributed by atoms with van der Waals surface area (Å²) in [5.41, 5.74) is 5.94. The Kier molecular flexibility index (Phi) is 4.11. The molecular formula is C11H19NOS. The van der Waals surface area contributed by atoms with Crippen molar-refractivity contribution in [3.05, 3.63) is 22.4 Å². The number of methoxy groups -OCH3 is 1. The van der Waals surface area contributed by atoms with Gasteiger partial charge in [0.15, 0.2) is 0 Å². The Morgan fingerprint density at radius 3 is 2.79 bits per heavy atom. The van der Waals surface area contributed by atoms with E-state index in [2.05, 4.69) is 31.4 Å². The molecule has 0 spiro atoms. The standard InChI is InChI=1S/C11H19NOS/c1-4-11(2,13-3)10(12)8-9-6-5-7-14-9/h5-7,10H,4,8,12H2,1-3H3. The summed E-state index contributed by atoms with van der Waals surface area (Å²) >= 11 is 1.75. The van der Waals surface area contributed by atoms with Crippen molar-refractivity contribution in [3.63, 3.8) is 0 Å². The number of ether oxygens (including phenoxy) is 1. The molecule has 0 radical (unpaired) electrons. The van der Waals surface area contributed by atoms with Crippen molar-refractivity contribution in [1.29, 1.82) is 0 Å². The molecule has 2 atom stereocenters. The molecule has 1 heterocycles. The van der Waals surface area contributed by atoms with E-state index >= 15 is 0 Å². The first kappa shape index (κ1) is 11.7. The van der Waals surface area contributed by atoms with Crippen LogP contribution in [0.5, 0.6) is 0 Å². The number of nitrogens with two attached hydrogens (primary N) is 1. The van der Waals surface area contributed by atoms with Gasteiger partial charge >= 0.3 is 0 Å². The van der Waals surface area contributed by atoms with Gasteiger partial charge in [0.1, 0.15) is 0 Å². The summed E-state index contributed by atoms with van der Waals surface area (Å²) < 4.78 is 5.48. The van der Waals surface area contributed by atoms with Crippen LogP contribution in [0, 0.1) is 0 Å². The number of hydrogen-bond donors (Lipinski definition) is 1. The second kappa shape index (κ2) is 4.91. The lowest BCUT2D eigenvalue weighted by Crippen LogP contribution is -2.47. The lowest BCUT2D eigenvalue weighted by atomic mass is 9.91. The zero-order chi connectivity index (χ0) is 10.6. The fourth-order valence-corrected chi connectivity index (χ4v) is 2.18. The molecule has 1 rings (SSSR count). The molecule has 0 aliphatic carbocycles. The highest BCUT2D eigenvalue weighted by molar-refractivity contribution is 7.09. The summed E-state index contributed by atoms with van der Waals surface area (Å²) in [4.78, 5) is 1.33. The normalized spacial score (nSPS) is 17.7. The minimum Gasteiger partial charge on any atom is -0.377 e. The molecule has 0 saturated heterocycles. The topological polar surface area (TPSA) is 35.2 Å². The molecule has 2 unspecified atom stereocenters. The second-order valence-electron chi connectivity index (χ2n) is 3.76. The average molecular weight is 213 g/mol. The van der Waals surface area contributed by atoms with Crippen molar-refractivity contribution in [1.82, 2.24) is 0 Å². The monoisotopic (exact) mass is 213 g/mol. The van der Waals surface area contributed by atoms with E-state index in [1.165, 1.54) is 4.88 Å². The molecule has 0 bridgehead atoms. The third kappa shape index (κ3) is 2.56. The molecule has 1 aromatic rings. The minimum atomic E-state index is -0.204. The van der Waals surface area contributed by atoms with Crippen LogP contribution in [-0.4, -0.2) is 18.8 Å². The first-order valence-electron chi connectivity index (χ1n) is 4.95. The third-order valence-electron chi connectivity index (χ3n) is 2.95. The van der Waals surface area contributed by atoms with Crippen molar-refractivity contribution >= 4 is 11.3 Å². The van der Waals surface area contributed by atoms with E-state index in [1.54, 1.807) is 18.4 Å². The molecule has 3 heteroatoms. The van der Waals surface area contributed by atoms with Crippen LogP contribution in [0.2, 0.25) is 0 Å². The van der Waals surface area contributed by atoms with Gasteiger partial charge in [-0.2, -0.15) is 0 Å². The third-order valence-corrected chi connectivity index (χ3v) is 3.85. The maximum atomic E-state index is 6.15. The Hall–Kier alpha value is -0.380. The van der Waals surface area contributed by atoms with Gasteiger partial charge < -0.3 is 10.5 Å². The van der Waals surface area contributed by atoms with E-state index in [9.17, 15) is 0 Å². The Labute approximate surface area is 90.1 Å². The van der Waals surface area contributed by atoms with E-state index < -0.39 is 0 Å². The van der Waals surface area contributed by atoms with Crippen LogP contribution >= 0.6 is 11.3 Å². The second-order valence-corrected chi connectivity index (χ2v) is 4.79. The van der Waals surface area contributed by atoms with Gasteiger partial charge in [-0.15, -0.1) is 11.3 Å². The van der Waals surface area contributed by atoms with Crippen molar-refractivity contribution in [2.45, 2.75) is 38.3 Å². The largest absolute Gasteiger partial charge is 0.377 e. The van der Waals surface area contributed by atoms with Gasteiger partial charge in [0.05, 0.1) is 5.60 Å². The van der Waals surface area contributed by atoms with Crippen molar-refractivity contribution in [2.75, 3.05) is 7.11 Å². The molecule has 0 saturated carbocycles. The molecule has 1 aromatic heterocycles. The van der Waals surface area contributed by atoms with E-state index in [-0.39, 0.29) is 11.6 Å². The fraction of sp³-hybridized carbons (Fsp3) is 0.636.